The number of hydrogen-bond acceptors (Lipinski definition) is 4. The Morgan fingerprint density at radius 2 is 1.78 bits per heavy atom. The summed E-state index contributed by atoms with van der Waals surface area (Å²) in [4.78, 5) is 11.6. The number of hydrogen-bond donors (Lipinski definition) is 0. The summed E-state index contributed by atoms with van der Waals surface area (Å²) in [6, 6.07) is 13.0. The fourth-order valence-corrected chi connectivity index (χ4v) is 1.97. The molecular formula is C14H14N2O2. The standard InChI is InChI=1S/C14H14N2O2/c1-10(14(17)18-2)13(12(8-15)9-16)11-6-4-3-5-7-11/h3-7,10,12-13H,1-2H3/t10-,13-/m1/s1. The minimum Gasteiger partial charge on any atom is -0.469 e. The summed E-state index contributed by atoms with van der Waals surface area (Å²) in [5.74, 6) is -2.31. The first-order valence-corrected chi connectivity index (χ1v) is 5.57. The lowest BCUT2D eigenvalue weighted by atomic mass is 9.79. The van der Waals surface area contributed by atoms with Crippen LogP contribution in [0, 0.1) is 34.5 Å². The van der Waals surface area contributed by atoms with Gasteiger partial charge in [-0.25, -0.2) is 0 Å². The second kappa shape index (κ2) is 6.42. The number of methoxy groups -OCH3 is 1. The predicted octanol–water partition coefficient (Wildman–Crippen LogP) is 2.24. The zero-order valence-corrected chi connectivity index (χ0v) is 10.3. The first-order valence-electron chi connectivity index (χ1n) is 5.57. The van der Waals surface area contributed by atoms with Gasteiger partial charge >= 0.3 is 5.97 Å². The van der Waals surface area contributed by atoms with Gasteiger partial charge in [0.05, 0.1) is 25.2 Å². The third-order valence-corrected chi connectivity index (χ3v) is 2.93. The van der Waals surface area contributed by atoms with Gasteiger partial charge in [0.15, 0.2) is 0 Å². The predicted molar refractivity (Wildman–Crippen MR) is 65.1 cm³/mol. The average Bonchev–Trinajstić information content (AvgIpc) is 2.43. The Morgan fingerprint density at radius 3 is 2.22 bits per heavy atom. The van der Waals surface area contributed by atoms with E-state index in [9.17, 15) is 4.79 Å². The van der Waals surface area contributed by atoms with Crippen molar-refractivity contribution < 1.29 is 9.53 Å². The first-order chi connectivity index (χ1) is 8.65. The Labute approximate surface area is 106 Å². The highest BCUT2D eigenvalue weighted by molar-refractivity contribution is 5.73. The highest BCUT2D eigenvalue weighted by Crippen LogP contribution is 2.32. The van der Waals surface area contributed by atoms with Crippen LogP contribution in [0.15, 0.2) is 30.3 Å². The second-order valence-electron chi connectivity index (χ2n) is 3.98. The number of esters is 1. The molecule has 0 aromatic heterocycles. The number of rotatable bonds is 4. The van der Waals surface area contributed by atoms with Crippen LogP contribution in [0.25, 0.3) is 0 Å². The summed E-state index contributed by atoms with van der Waals surface area (Å²) < 4.78 is 4.70. The molecule has 2 atom stereocenters. The van der Waals surface area contributed by atoms with Crippen LogP contribution in [0.4, 0.5) is 0 Å². The molecule has 1 aromatic carbocycles. The molecule has 0 aliphatic rings. The zero-order valence-electron chi connectivity index (χ0n) is 10.3. The number of ether oxygens (including phenoxy) is 1. The van der Waals surface area contributed by atoms with Gasteiger partial charge in [-0.15, -0.1) is 0 Å². The maximum atomic E-state index is 11.6. The van der Waals surface area contributed by atoms with Crippen molar-refractivity contribution in [1.29, 1.82) is 10.5 Å². The minimum atomic E-state index is -0.874. The van der Waals surface area contributed by atoms with E-state index in [-0.39, 0.29) is 0 Å². The maximum absolute atomic E-state index is 11.6. The van der Waals surface area contributed by atoms with Gasteiger partial charge in [-0.05, 0) is 5.56 Å². The van der Waals surface area contributed by atoms with E-state index in [1.54, 1.807) is 6.92 Å². The Bertz CT molecular complexity index is 471. The molecule has 0 fully saturated rings. The van der Waals surface area contributed by atoms with Gasteiger partial charge in [0.1, 0.15) is 5.92 Å². The topological polar surface area (TPSA) is 73.9 Å². The number of carbonyl (C=O) groups is 1. The van der Waals surface area contributed by atoms with Crippen LogP contribution in [0.3, 0.4) is 0 Å². The number of nitriles is 2. The highest BCUT2D eigenvalue weighted by atomic mass is 16.5. The third kappa shape index (κ3) is 2.87. The molecule has 0 radical (unpaired) electrons. The summed E-state index contributed by atoms with van der Waals surface area (Å²) in [6.07, 6.45) is 0. The van der Waals surface area contributed by atoms with Crippen LogP contribution in [-0.2, 0) is 9.53 Å². The van der Waals surface area contributed by atoms with Crippen molar-refractivity contribution in [3.05, 3.63) is 35.9 Å². The van der Waals surface area contributed by atoms with Gasteiger partial charge in [0, 0.05) is 5.92 Å². The number of carbonyl (C=O) groups excluding carboxylic acids is 1. The summed E-state index contributed by atoms with van der Waals surface area (Å²) >= 11 is 0. The van der Waals surface area contributed by atoms with E-state index in [1.807, 2.05) is 42.5 Å². The number of nitrogens with zero attached hydrogens (tertiary/aromatic N) is 2. The molecule has 0 saturated heterocycles. The van der Waals surface area contributed by atoms with Crippen LogP contribution in [0.2, 0.25) is 0 Å². The van der Waals surface area contributed by atoms with Crippen LogP contribution < -0.4 is 0 Å². The minimum absolute atomic E-state index is 0.417. The lowest BCUT2D eigenvalue weighted by molar-refractivity contribution is -0.145. The lowest BCUT2D eigenvalue weighted by Gasteiger charge is -2.23. The summed E-state index contributed by atoms with van der Waals surface area (Å²) in [6.45, 7) is 1.67. The first kappa shape index (κ1) is 13.7. The molecule has 1 rings (SSSR count). The van der Waals surface area contributed by atoms with E-state index in [2.05, 4.69) is 0 Å². The van der Waals surface area contributed by atoms with E-state index in [0.29, 0.717) is 0 Å². The molecule has 92 valence electrons. The van der Waals surface area contributed by atoms with Gasteiger partial charge in [-0.2, -0.15) is 10.5 Å². The highest BCUT2D eigenvalue weighted by Gasteiger charge is 2.33. The molecule has 0 aliphatic heterocycles. The monoisotopic (exact) mass is 242 g/mol. The fraction of sp³-hybridized carbons (Fsp3) is 0.357. The molecule has 0 aliphatic carbocycles. The quantitative estimate of drug-likeness (QED) is 0.759. The Morgan fingerprint density at radius 1 is 1.22 bits per heavy atom. The van der Waals surface area contributed by atoms with Crippen molar-refractivity contribution >= 4 is 5.97 Å². The van der Waals surface area contributed by atoms with Gasteiger partial charge < -0.3 is 4.74 Å². The van der Waals surface area contributed by atoms with Crippen molar-refractivity contribution in [2.75, 3.05) is 7.11 Å². The van der Waals surface area contributed by atoms with Crippen LogP contribution in [0.5, 0.6) is 0 Å². The smallest absolute Gasteiger partial charge is 0.309 e. The molecule has 4 heteroatoms. The van der Waals surface area contributed by atoms with Gasteiger partial charge in [-0.3, -0.25) is 4.79 Å². The molecule has 0 N–H and O–H groups in total. The van der Waals surface area contributed by atoms with Crippen LogP contribution >= 0.6 is 0 Å². The van der Waals surface area contributed by atoms with E-state index in [4.69, 9.17) is 15.3 Å². The van der Waals surface area contributed by atoms with Crippen molar-refractivity contribution in [2.24, 2.45) is 11.8 Å². The molecule has 4 nitrogen and oxygen atoms in total. The van der Waals surface area contributed by atoms with Gasteiger partial charge in [-0.1, -0.05) is 37.3 Å². The van der Waals surface area contributed by atoms with Crippen molar-refractivity contribution in [1.82, 2.24) is 0 Å². The van der Waals surface area contributed by atoms with E-state index < -0.39 is 23.7 Å². The summed E-state index contributed by atoms with van der Waals surface area (Å²) in [7, 11) is 1.30. The molecule has 0 saturated carbocycles. The van der Waals surface area contributed by atoms with Crippen molar-refractivity contribution in [3.63, 3.8) is 0 Å². The Hall–Kier alpha value is -2.33. The molecule has 0 bridgehead atoms. The van der Waals surface area contributed by atoms with Gasteiger partial charge in [0.2, 0.25) is 0 Å². The molecule has 0 heterocycles. The summed E-state index contributed by atoms with van der Waals surface area (Å²) in [5, 5.41) is 18.1. The van der Waals surface area contributed by atoms with E-state index in [1.165, 1.54) is 7.11 Å². The largest absolute Gasteiger partial charge is 0.469 e. The van der Waals surface area contributed by atoms with E-state index >= 15 is 0 Å². The summed E-state index contributed by atoms with van der Waals surface area (Å²) in [5.41, 5.74) is 0.795. The normalized spacial score (nSPS) is 13.2. The molecule has 0 unspecified atom stereocenters. The lowest BCUT2D eigenvalue weighted by Crippen LogP contribution is -2.25. The maximum Gasteiger partial charge on any atom is 0.309 e. The SMILES string of the molecule is COC(=O)[C@H](C)[C@H](c1ccccc1)C(C#N)C#N. The zero-order chi connectivity index (χ0) is 13.5. The molecule has 18 heavy (non-hydrogen) atoms. The van der Waals surface area contributed by atoms with Gasteiger partial charge in [0.25, 0.3) is 0 Å². The fourth-order valence-electron chi connectivity index (χ4n) is 1.97. The molecule has 0 spiro atoms. The average molecular weight is 242 g/mol. The Kier molecular flexibility index (Phi) is 4.90. The van der Waals surface area contributed by atoms with E-state index in [0.717, 1.165) is 5.56 Å². The molecule has 1 aromatic rings. The van der Waals surface area contributed by atoms with Crippen LogP contribution in [-0.4, -0.2) is 13.1 Å². The third-order valence-electron chi connectivity index (χ3n) is 2.93. The molecule has 0 amide bonds. The van der Waals surface area contributed by atoms with Crippen LogP contribution in [0.1, 0.15) is 18.4 Å². The molecular weight excluding hydrogens is 228 g/mol. The van der Waals surface area contributed by atoms with Crippen molar-refractivity contribution in [3.8, 4) is 12.1 Å². The number of benzene rings is 1. The second-order valence-corrected chi connectivity index (χ2v) is 3.98. The van der Waals surface area contributed by atoms with Crippen molar-refractivity contribution in [2.45, 2.75) is 12.8 Å². The Balaban J connectivity index is 3.16.